The van der Waals surface area contributed by atoms with Gasteiger partial charge in [-0.3, -0.25) is 4.79 Å². The van der Waals surface area contributed by atoms with Gasteiger partial charge >= 0.3 is 0 Å². The zero-order valence-electron chi connectivity index (χ0n) is 17.3. The Morgan fingerprint density at radius 1 is 0.966 bits per heavy atom. The monoisotopic (exact) mass is 391 g/mol. The summed E-state index contributed by atoms with van der Waals surface area (Å²) in [6.07, 6.45) is 1.72. The van der Waals surface area contributed by atoms with E-state index in [2.05, 4.69) is 46.6 Å². The normalized spacial score (nSPS) is 12.3. The second kappa shape index (κ2) is 10.0. The minimum absolute atomic E-state index is 0.0248. The molecule has 0 bridgehead atoms. The van der Waals surface area contributed by atoms with Crippen LogP contribution in [0.3, 0.4) is 0 Å². The number of benzene rings is 2. The topological polar surface area (TPSA) is 68.0 Å². The number of carbonyl (C=O) groups is 1. The molecule has 5 heteroatoms. The highest BCUT2D eigenvalue weighted by atomic mass is 16.5. The van der Waals surface area contributed by atoms with Crippen molar-refractivity contribution in [3.63, 3.8) is 0 Å². The Balaban J connectivity index is 1.58. The summed E-state index contributed by atoms with van der Waals surface area (Å²) in [5.41, 5.74) is 2.39. The van der Waals surface area contributed by atoms with Crippen molar-refractivity contribution in [1.29, 1.82) is 0 Å². The van der Waals surface area contributed by atoms with Crippen LogP contribution in [0.1, 0.15) is 68.3 Å². The van der Waals surface area contributed by atoms with Gasteiger partial charge in [-0.15, -0.1) is 0 Å². The Hall–Kier alpha value is -2.95. The summed E-state index contributed by atoms with van der Waals surface area (Å²) in [6.45, 7) is 6.12. The molecule has 0 aliphatic rings. The number of nitrogens with zero attached hydrogens (tertiary/aromatic N) is 2. The van der Waals surface area contributed by atoms with E-state index in [9.17, 15) is 4.79 Å². The van der Waals surface area contributed by atoms with Crippen LogP contribution in [-0.4, -0.2) is 22.1 Å². The van der Waals surface area contributed by atoms with Crippen LogP contribution in [0.25, 0.3) is 0 Å². The second-order valence-electron chi connectivity index (χ2n) is 7.71. The predicted octanol–water partition coefficient (Wildman–Crippen LogP) is 4.85. The third-order valence-corrected chi connectivity index (χ3v) is 5.00. The minimum atomic E-state index is -0.0248. The fourth-order valence-corrected chi connectivity index (χ4v) is 3.50. The summed E-state index contributed by atoms with van der Waals surface area (Å²) in [5.74, 6) is 1.70. The van der Waals surface area contributed by atoms with E-state index in [1.807, 2.05) is 50.2 Å². The Morgan fingerprint density at radius 2 is 1.55 bits per heavy atom. The molecule has 1 aromatic heterocycles. The van der Waals surface area contributed by atoms with Crippen molar-refractivity contribution in [1.82, 2.24) is 15.5 Å². The van der Waals surface area contributed by atoms with Gasteiger partial charge in [-0.05, 0) is 24.5 Å². The molecule has 3 aromatic rings. The van der Waals surface area contributed by atoms with E-state index in [0.29, 0.717) is 31.0 Å². The highest BCUT2D eigenvalue weighted by molar-refractivity contribution is 5.76. The molecule has 0 aliphatic carbocycles. The molecule has 152 valence electrons. The zero-order chi connectivity index (χ0) is 20.6. The zero-order valence-corrected chi connectivity index (χ0v) is 17.3. The number of carbonyl (C=O) groups excluding carboxylic acids is 1. The quantitative estimate of drug-likeness (QED) is 0.566. The minimum Gasteiger partial charge on any atom is -0.353 e. The highest BCUT2D eigenvalue weighted by Gasteiger charge is 2.22. The molecule has 0 radical (unpaired) electrons. The Kier molecular flexibility index (Phi) is 7.17. The summed E-state index contributed by atoms with van der Waals surface area (Å²) in [7, 11) is 0. The molecule has 2 aromatic carbocycles. The largest absolute Gasteiger partial charge is 0.353 e. The van der Waals surface area contributed by atoms with Crippen molar-refractivity contribution < 1.29 is 9.32 Å². The van der Waals surface area contributed by atoms with Gasteiger partial charge in [-0.25, -0.2) is 0 Å². The van der Waals surface area contributed by atoms with Gasteiger partial charge in [0.05, 0.1) is 0 Å². The van der Waals surface area contributed by atoms with Crippen molar-refractivity contribution in [2.75, 3.05) is 0 Å². The first-order valence-electron chi connectivity index (χ1n) is 10.3. The summed E-state index contributed by atoms with van der Waals surface area (Å²) in [4.78, 5) is 16.9. The van der Waals surface area contributed by atoms with E-state index in [0.717, 1.165) is 0 Å². The van der Waals surface area contributed by atoms with Gasteiger partial charge in [0.2, 0.25) is 11.8 Å². The summed E-state index contributed by atoms with van der Waals surface area (Å²) < 4.78 is 5.25. The number of hydrogen-bond acceptors (Lipinski definition) is 4. The van der Waals surface area contributed by atoms with Crippen molar-refractivity contribution in [3.8, 4) is 0 Å². The molecule has 3 rings (SSSR count). The molecule has 0 spiro atoms. The Bertz CT molecular complexity index is 851. The Labute approximate surface area is 172 Å². The number of aromatic nitrogens is 2. The van der Waals surface area contributed by atoms with E-state index in [1.165, 1.54) is 11.1 Å². The molecule has 1 atom stereocenters. The average molecular weight is 392 g/mol. The van der Waals surface area contributed by atoms with Crippen LogP contribution >= 0.6 is 0 Å². The molecule has 5 nitrogen and oxygen atoms in total. The number of amides is 1. The Morgan fingerprint density at radius 3 is 2.07 bits per heavy atom. The number of hydrogen-bond donors (Lipinski definition) is 1. The number of aryl methyl sites for hydroxylation is 1. The molecule has 1 heterocycles. The second-order valence-corrected chi connectivity index (χ2v) is 7.71. The van der Waals surface area contributed by atoms with Crippen LogP contribution in [-0.2, 0) is 11.2 Å². The standard InChI is InChI=1S/C24H29N3O2/c1-17(2)24-26-22(29-27-24)16-10-15-21(28)25-18(3)23(19-11-6-4-7-12-19)20-13-8-5-9-14-20/h4-9,11-14,17-18,23H,10,15-16H2,1-3H3,(H,25,28)/t18-/m1/s1. The SMILES string of the molecule is CC(C)c1noc(CCCC(=O)N[C@H](C)C(c2ccccc2)c2ccccc2)n1. The smallest absolute Gasteiger partial charge is 0.226 e. The van der Waals surface area contributed by atoms with E-state index in [1.54, 1.807) is 0 Å². The third-order valence-electron chi connectivity index (χ3n) is 5.00. The molecule has 0 unspecified atom stereocenters. The molecule has 1 N–H and O–H groups in total. The van der Waals surface area contributed by atoms with Crippen LogP contribution in [0.15, 0.2) is 65.2 Å². The van der Waals surface area contributed by atoms with E-state index >= 15 is 0 Å². The van der Waals surface area contributed by atoms with Gasteiger partial charge < -0.3 is 9.84 Å². The van der Waals surface area contributed by atoms with E-state index < -0.39 is 0 Å². The lowest BCUT2D eigenvalue weighted by atomic mass is 9.85. The molecular weight excluding hydrogens is 362 g/mol. The number of rotatable bonds is 9. The van der Waals surface area contributed by atoms with Crippen LogP contribution in [0.2, 0.25) is 0 Å². The van der Waals surface area contributed by atoms with Gasteiger partial charge in [-0.2, -0.15) is 4.98 Å². The molecule has 0 saturated carbocycles. The lowest BCUT2D eigenvalue weighted by molar-refractivity contribution is -0.121. The molecule has 0 fully saturated rings. The van der Waals surface area contributed by atoms with Crippen LogP contribution < -0.4 is 5.32 Å². The molecular formula is C24H29N3O2. The maximum absolute atomic E-state index is 12.5. The van der Waals surface area contributed by atoms with E-state index in [4.69, 9.17) is 4.52 Å². The molecule has 0 saturated heterocycles. The lowest BCUT2D eigenvalue weighted by Crippen LogP contribution is -2.37. The molecule has 1 amide bonds. The van der Waals surface area contributed by atoms with Crippen LogP contribution in [0.4, 0.5) is 0 Å². The highest BCUT2D eigenvalue weighted by Crippen LogP contribution is 2.28. The van der Waals surface area contributed by atoms with Crippen molar-refractivity contribution in [2.24, 2.45) is 0 Å². The summed E-state index contributed by atoms with van der Waals surface area (Å²) in [6, 6.07) is 20.6. The first-order chi connectivity index (χ1) is 14.0. The van der Waals surface area contributed by atoms with Gasteiger partial charge in [0.25, 0.3) is 0 Å². The van der Waals surface area contributed by atoms with Gasteiger partial charge in [0.1, 0.15) is 0 Å². The summed E-state index contributed by atoms with van der Waals surface area (Å²) in [5, 5.41) is 7.15. The van der Waals surface area contributed by atoms with Crippen molar-refractivity contribution >= 4 is 5.91 Å². The maximum atomic E-state index is 12.5. The van der Waals surface area contributed by atoms with Gasteiger partial charge in [-0.1, -0.05) is 79.7 Å². The third kappa shape index (κ3) is 5.76. The molecule has 29 heavy (non-hydrogen) atoms. The first-order valence-corrected chi connectivity index (χ1v) is 10.3. The number of nitrogens with one attached hydrogen (secondary N) is 1. The van der Waals surface area contributed by atoms with Crippen LogP contribution in [0.5, 0.6) is 0 Å². The fraction of sp³-hybridized carbons (Fsp3) is 0.375. The average Bonchev–Trinajstić information content (AvgIpc) is 3.19. The van der Waals surface area contributed by atoms with Crippen molar-refractivity contribution in [2.45, 2.75) is 57.9 Å². The van der Waals surface area contributed by atoms with E-state index in [-0.39, 0.29) is 23.8 Å². The fourth-order valence-electron chi connectivity index (χ4n) is 3.50. The lowest BCUT2D eigenvalue weighted by Gasteiger charge is -2.26. The van der Waals surface area contributed by atoms with Crippen molar-refractivity contribution in [3.05, 3.63) is 83.5 Å². The molecule has 0 aliphatic heterocycles. The van der Waals surface area contributed by atoms with Crippen LogP contribution in [0, 0.1) is 0 Å². The van der Waals surface area contributed by atoms with Gasteiger partial charge in [0.15, 0.2) is 5.82 Å². The first kappa shape index (κ1) is 20.8. The van der Waals surface area contributed by atoms with Gasteiger partial charge in [0, 0.05) is 30.7 Å². The predicted molar refractivity (Wildman–Crippen MR) is 114 cm³/mol. The summed E-state index contributed by atoms with van der Waals surface area (Å²) >= 11 is 0. The maximum Gasteiger partial charge on any atom is 0.226 e.